The molecule has 0 saturated heterocycles. The second kappa shape index (κ2) is 7.04. The van der Waals surface area contributed by atoms with Crippen LogP contribution in [0.1, 0.15) is 17.0 Å². The van der Waals surface area contributed by atoms with E-state index in [1.807, 2.05) is 60.7 Å². The van der Waals surface area contributed by atoms with E-state index in [2.05, 4.69) is 22.2 Å². The first-order chi connectivity index (χ1) is 9.40. The van der Waals surface area contributed by atoms with Gasteiger partial charge in [-0.2, -0.15) is 0 Å². The van der Waals surface area contributed by atoms with E-state index >= 15 is 0 Å². The Morgan fingerprint density at radius 3 is 2.26 bits per heavy atom. The van der Waals surface area contributed by atoms with E-state index in [0.717, 1.165) is 11.1 Å². The molecule has 0 amide bonds. The Hall–Kier alpha value is -2.51. The zero-order valence-electron chi connectivity index (χ0n) is 10.6. The SMILES string of the molecule is [N-]=[N+]=NCC(C=Cc1ccccc1)c1ccccc1. The van der Waals surface area contributed by atoms with Crippen LogP contribution in [0.2, 0.25) is 0 Å². The highest BCUT2D eigenvalue weighted by Crippen LogP contribution is 2.19. The van der Waals surface area contributed by atoms with Gasteiger partial charge in [-0.15, -0.1) is 0 Å². The number of azide groups is 1. The number of hydrogen-bond acceptors (Lipinski definition) is 1. The Kier molecular flexibility index (Phi) is 4.79. The minimum Gasteiger partial charge on any atom is -0.0930 e. The molecular weight excluding hydrogens is 234 g/mol. The summed E-state index contributed by atoms with van der Waals surface area (Å²) in [5.41, 5.74) is 10.8. The van der Waals surface area contributed by atoms with E-state index in [0.29, 0.717) is 6.54 Å². The highest BCUT2D eigenvalue weighted by atomic mass is 15.1. The molecule has 1 atom stereocenters. The highest BCUT2D eigenvalue weighted by Gasteiger charge is 2.05. The van der Waals surface area contributed by atoms with Gasteiger partial charge in [0.25, 0.3) is 0 Å². The molecule has 2 rings (SSSR count). The molecule has 94 valence electrons. The third-order valence-electron chi connectivity index (χ3n) is 2.89. The predicted octanol–water partition coefficient (Wildman–Crippen LogP) is 4.79. The van der Waals surface area contributed by atoms with Crippen LogP contribution in [-0.4, -0.2) is 6.54 Å². The van der Waals surface area contributed by atoms with Gasteiger partial charge in [-0.3, -0.25) is 0 Å². The van der Waals surface area contributed by atoms with Crippen LogP contribution in [0.3, 0.4) is 0 Å². The molecule has 0 N–H and O–H groups in total. The standard InChI is InChI=1S/C16H15N3/c17-19-18-13-16(15-9-5-2-6-10-15)12-11-14-7-3-1-4-8-14/h1-12,16H,13H2. The first-order valence-electron chi connectivity index (χ1n) is 6.19. The Balaban J connectivity index is 2.19. The third-order valence-corrected chi connectivity index (χ3v) is 2.89. The van der Waals surface area contributed by atoms with Crippen LogP contribution < -0.4 is 0 Å². The van der Waals surface area contributed by atoms with Crippen molar-refractivity contribution in [1.29, 1.82) is 0 Å². The van der Waals surface area contributed by atoms with Crippen LogP contribution in [0.25, 0.3) is 16.5 Å². The minimum absolute atomic E-state index is 0.109. The van der Waals surface area contributed by atoms with E-state index in [1.54, 1.807) is 0 Å². The Morgan fingerprint density at radius 2 is 1.63 bits per heavy atom. The lowest BCUT2D eigenvalue weighted by molar-refractivity contribution is 0.846. The smallest absolute Gasteiger partial charge is 0.0361 e. The van der Waals surface area contributed by atoms with Crippen molar-refractivity contribution in [2.75, 3.05) is 6.54 Å². The van der Waals surface area contributed by atoms with Crippen LogP contribution in [0.4, 0.5) is 0 Å². The summed E-state index contributed by atoms with van der Waals surface area (Å²) in [6.45, 7) is 0.434. The summed E-state index contributed by atoms with van der Waals surface area (Å²) in [7, 11) is 0. The van der Waals surface area contributed by atoms with Crippen LogP contribution in [0, 0.1) is 0 Å². The van der Waals surface area contributed by atoms with Gasteiger partial charge in [-0.1, -0.05) is 77.9 Å². The van der Waals surface area contributed by atoms with Gasteiger partial charge in [0, 0.05) is 17.4 Å². The summed E-state index contributed by atoms with van der Waals surface area (Å²) in [5, 5.41) is 3.69. The van der Waals surface area contributed by atoms with Crippen molar-refractivity contribution >= 4 is 6.08 Å². The van der Waals surface area contributed by atoms with Gasteiger partial charge in [0.2, 0.25) is 0 Å². The topological polar surface area (TPSA) is 48.8 Å². The molecule has 2 aromatic carbocycles. The Morgan fingerprint density at radius 1 is 1.00 bits per heavy atom. The van der Waals surface area contributed by atoms with Crippen molar-refractivity contribution in [3.8, 4) is 0 Å². The molecule has 0 aromatic heterocycles. The summed E-state index contributed by atoms with van der Waals surface area (Å²) in [5.74, 6) is 0.109. The molecular formula is C16H15N3. The molecule has 0 aliphatic carbocycles. The average Bonchev–Trinajstić information content (AvgIpc) is 2.49. The van der Waals surface area contributed by atoms with Gasteiger partial charge in [-0.05, 0) is 16.7 Å². The zero-order chi connectivity index (χ0) is 13.3. The summed E-state index contributed by atoms with van der Waals surface area (Å²) < 4.78 is 0. The van der Waals surface area contributed by atoms with E-state index in [9.17, 15) is 0 Å². The molecule has 19 heavy (non-hydrogen) atoms. The predicted molar refractivity (Wildman–Crippen MR) is 78.7 cm³/mol. The lowest BCUT2D eigenvalue weighted by Gasteiger charge is -2.09. The van der Waals surface area contributed by atoms with Crippen molar-refractivity contribution in [3.63, 3.8) is 0 Å². The first kappa shape index (κ1) is 12.9. The van der Waals surface area contributed by atoms with Crippen LogP contribution in [0.5, 0.6) is 0 Å². The molecule has 0 bridgehead atoms. The number of benzene rings is 2. The summed E-state index contributed by atoms with van der Waals surface area (Å²) in [4.78, 5) is 2.85. The van der Waals surface area contributed by atoms with Gasteiger partial charge < -0.3 is 0 Å². The molecule has 0 aliphatic rings. The molecule has 0 fully saturated rings. The van der Waals surface area contributed by atoms with E-state index in [1.165, 1.54) is 0 Å². The van der Waals surface area contributed by atoms with E-state index < -0.39 is 0 Å². The molecule has 0 spiro atoms. The van der Waals surface area contributed by atoms with Crippen molar-refractivity contribution in [2.24, 2.45) is 5.11 Å². The fourth-order valence-electron chi connectivity index (χ4n) is 1.89. The van der Waals surface area contributed by atoms with Crippen LogP contribution >= 0.6 is 0 Å². The van der Waals surface area contributed by atoms with Gasteiger partial charge in [-0.25, -0.2) is 0 Å². The molecule has 0 heterocycles. The lowest BCUT2D eigenvalue weighted by Crippen LogP contribution is -1.98. The van der Waals surface area contributed by atoms with Crippen LogP contribution in [-0.2, 0) is 0 Å². The lowest BCUT2D eigenvalue weighted by atomic mass is 9.98. The maximum atomic E-state index is 8.48. The maximum absolute atomic E-state index is 8.48. The van der Waals surface area contributed by atoms with Gasteiger partial charge >= 0.3 is 0 Å². The third kappa shape index (κ3) is 4.02. The molecule has 2 aromatic rings. The highest BCUT2D eigenvalue weighted by molar-refractivity contribution is 5.50. The minimum atomic E-state index is 0.109. The van der Waals surface area contributed by atoms with E-state index in [4.69, 9.17) is 5.53 Å². The van der Waals surface area contributed by atoms with Gasteiger partial charge in [0.15, 0.2) is 0 Å². The zero-order valence-corrected chi connectivity index (χ0v) is 10.6. The van der Waals surface area contributed by atoms with E-state index in [-0.39, 0.29) is 5.92 Å². The Bertz CT molecular complexity index is 569. The fraction of sp³-hybridized carbons (Fsp3) is 0.125. The van der Waals surface area contributed by atoms with Crippen molar-refractivity contribution < 1.29 is 0 Å². The van der Waals surface area contributed by atoms with Gasteiger partial charge in [0.1, 0.15) is 0 Å². The largest absolute Gasteiger partial charge is 0.0930 e. The second-order valence-electron chi connectivity index (χ2n) is 4.20. The molecule has 0 saturated carbocycles. The van der Waals surface area contributed by atoms with Gasteiger partial charge in [0.05, 0.1) is 0 Å². The Labute approximate surface area is 112 Å². The number of rotatable bonds is 5. The summed E-state index contributed by atoms with van der Waals surface area (Å²) in [6.07, 6.45) is 4.14. The second-order valence-corrected chi connectivity index (χ2v) is 4.20. The van der Waals surface area contributed by atoms with Crippen LogP contribution in [0.15, 0.2) is 71.9 Å². The molecule has 3 nitrogen and oxygen atoms in total. The normalized spacial score (nSPS) is 12.0. The average molecular weight is 249 g/mol. The fourth-order valence-corrected chi connectivity index (χ4v) is 1.89. The van der Waals surface area contributed by atoms with Crippen molar-refractivity contribution in [1.82, 2.24) is 0 Å². The van der Waals surface area contributed by atoms with Crippen molar-refractivity contribution in [3.05, 3.63) is 88.3 Å². The summed E-state index contributed by atoms with van der Waals surface area (Å²) in [6, 6.07) is 20.2. The van der Waals surface area contributed by atoms with Crippen molar-refractivity contribution in [2.45, 2.75) is 5.92 Å². The molecule has 0 radical (unpaired) electrons. The maximum Gasteiger partial charge on any atom is 0.0361 e. The molecule has 3 heteroatoms. The quantitative estimate of drug-likeness (QED) is 0.415. The molecule has 0 aliphatic heterocycles. The first-order valence-corrected chi connectivity index (χ1v) is 6.19. The monoisotopic (exact) mass is 249 g/mol. The summed E-state index contributed by atoms with van der Waals surface area (Å²) >= 11 is 0. The number of hydrogen-bond donors (Lipinski definition) is 0. The number of nitrogens with zero attached hydrogens (tertiary/aromatic N) is 3. The molecule has 1 unspecified atom stereocenters.